The van der Waals surface area contributed by atoms with E-state index in [1.807, 2.05) is 12.3 Å². The van der Waals surface area contributed by atoms with E-state index in [1.165, 1.54) is 10.4 Å². The van der Waals surface area contributed by atoms with Gasteiger partial charge in [-0.1, -0.05) is 24.6 Å². The molecule has 1 aromatic heterocycles. The Balaban J connectivity index is 2.47. The Hall–Kier alpha value is -0.380. The minimum atomic E-state index is 0.299. The van der Waals surface area contributed by atoms with Crippen molar-refractivity contribution in [3.05, 3.63) is 27.7 Å². The fourth-order valence-electron chi connectivity index (χ4n) is 1.06. The third-order valence-electron chi connectivity index (χ3n) is 1.92. The predicted octanol–water partition coefficient (Wildman–Crippen LogP) is 3.11. The molecule has 0 saturated carbocycles. The van der Waals surface area contributed by atoms with Crippen molar-refractivity contribution in [3.8, 4) is 0 Å². The van der Waals surface area contributed by atoms with Gasteiger partial charge in [-0.25, -0.2) is 4.98 Å². The van der Waals surface area contributed by atoms with Gasteiger partial charge >= 0.3 is 0 Å². The van der Waals surface area contributed by atoms with E-state index in [4.69, 9.17) is 11.6 Å². The van der Waals surface area contributed by atoms with Crippen molar-refractivity contribution >= 4 is 22.9 Å². The maximum absolute atomic E-state index is 5.42. The molecule has 1 aromatic rings. The van der Waals surface area contributed by atoms with Gasteiger partial charge in [-0.2, -0.15) is 0 Å². The van der Waals surface area contributed by atoms with Gasteiger partial charge in [0.2, 0.25) is 0 Å². The number of aromatic nitrogens is 1. The zero-order valence-electron chi connectivity index (χ0n) is 8.46. The summed E-state index contributed by atoms with van der Waals surface area (Å²) in [5, 5.41) is 4.46. The Morgan fingerprint density at radius 2 is 2.50 bits per heavy atom. The monoisotopic (exact) mass is 230 g/mol. The molecule has 0 saturated heterocycles. The van der Waals surface area contributed by atoms with Crippen LogP contribution in [-0.2, 0) is 6.42 Å². The normalized spacial score (nSPS) is 13.6. The van der Waals surface area contributed by atoms with E-state index in [-0.39, 0.29) is 0 Å². The van der Waals surface area contributed by atoms with E-state index in [1.54, 1.807) is 11.3 Å². The first-order chi connectivity index (χ1) is 6.77. The van der Waals surface area contributed by atoms with Crippen LogP contribution in [0.2, 0.25) is 0 Å². The third kappa shape index (κ3) is 3.40. The highest BCUT2D eigenvalue weighted by atomic mass is 35.5. The quantitative estimate of drug-likeness (QED) is 0.841. The van der Waals surface area contributed by atoms with Crippen LogP contribution in [0.4, 0.5) is 0 Å². The van der Waals surface area contributed by atoms with Crippen molar-refractivity contribution in [2.45, 2.75) is 26.3 Å². The average Bonchev–Trinajstić information content (AvgIpc) is 2.66. The van der Waals surface area contributed by atoms with Gasteiger partial charge in [0.05, 0.1) is 6.04 Å². The van der Waals surface area contributed by atoms with E-state index in [9.17, 15) is 0 Å². The lowest BCUT2D eigenvalue weighted by Gasteiger charge is -2.07. The molecule has 0 aliphatic carbocycles. The second-order valence-corrected chi connectivity index (χ2v) is 4.41. The molecule has 1 rings (SSSR count). The lowest BCUT2D eigenvalue weighted by Crippen LogP contribution is -2.18. The molecule has 0 aliphatic heterocycles. The topological polar surface area (TPSA) is 24.9 Å². The maximum atomic E-state index is 5.42. The molecule has 0 aromatic carbocycles. The van der Waals surface area contributed by atoms with E-state index in [0.717, 1.165) is 18.0 Å². The number of hydrogen-bond donors (Lipinski definition) is 1. The second kappa shape index (κ2) is 6.17. The zero-order chi connectivity index (χ0) is 10.4. The summed E-state index contributed by atoms with van der Waals surface area (Å²) in [5.74, 6) is 0. The summed E-state index contributed by atoms with van der Waals surface area (Å²) < 4.78 is 0. The molecule has 0 bridgehead atoms. The first-order valence-electron chi connectivity index (χ1n) is 4.71. The van der Waals surface area contributed by atoms with Crippen LogP contribution < -0.4 is 5.32 Å². The minimum Gasteiger partial charge on any atom is -0.305 e. The molecule has 0 radical (unpaired) electrons. The lowest BCUT2D eigenvalue weighted by molar-refractivity contribution is 0.614. The molecule has 1 heterocycles. The summed E-state index contributed by atoms with van der Waals surface area (Å²) in [6, 6.07) is 0.299. The van der Waals surface area contributed by atoms with Crippen LogP contribution in [-0.4, -0.2) is 11.5 Å². The van der Waals surface area contributed by atoms with Crippen LogP contribution in [0.1, 0.15) is 29.8 Å². The average molecular weight is 231 g/mol. The van der Waals surface area contributed by atoms with Gasteiger partial charge < -0.3 is 5.32 Å². The second-order valence-electron chi connectivity index (χ2n) is 3.01. The van der Waals surface area contributed by atoms with E-state index in [0.29, 0.717) is 6.04 Å². The first kappa shape index (κ1) is 11.7. The van der Waals surface area contributed by atoms with Gasteiger partial charge in [-0.15, -0.1) is 11.3 Å². The van der Waals surface area contributed by atoms with Crippen LogP contribution in [0.15, 0.2) is 17.8 Å². The van der Waals surface area contributed by atoms with E-state index < -0.39 is 0 Å². The van der Waals surface area contributed by atoms with Crippen LogP contribution in [0.5, 0.6) is 0 Å². The van der Waals surface area contributed by atoms with Crippen LogP contribution in [0.3, 0.4) is 0 Å². The Morgan fingerprint density at radius 1 is 1.71 bits per heavy atom. The minimum absolute atomic E-state index is 0.299. The Labute approximate surface area is 94.0 Å². The van der Waals surface area contributed by atoms with Crippen LogP contribution in [0, 0.1) is 0 Å². The molecular formula is C10H15ClN2S. The zero-order valence-corrected chi connectivity index (χ0v) is 10.0. The highest BCUT2D eigenvalue weighted by Crippen LogP contribution is 2.19. The standard InChI is InChI=1S/C10H15ClN2S/c1-3-9-7-13-10(14-9)8(2)12-6-4-5-11/h4-5,7-8,12H,3,6H2,1-2H3/b5-4+. The molecule has 0 spiro atoms. The largest absolute Gasteiger partial charge is 0.305 e. The van der Waals surface area contributed by atoms with Crippen LogP contribution >= 0.6 is 22.9 Å². The van der Waals surface area contributed by atoms with Gasteiger partial charge in [0.1, 0.15) is 5.01 Å². The molecule has 1 atom stereocenters. The number of rotatable bonds is 5. The summed E-state index contributed by atoms with van der Waals surface area (Å²) in [5.41, 5.74) is 1.53. The summed E-state index contributed by atoms with van der Waals surface area (Å²) in [4.78, 5) is 5.70. The summed E-state index contributed by atoms with van der Waals surface area (Å²) in [7, 11) is 0. The van der Waals surface area contributed by atoms with Crippen molar-refractivity contribution in [3.63, 3.8) is 0 Å². The van der Waals surface area contributed by atoms with Crippen molar-refractivity contribution in [1.29, 1.82) is 0 Å². The van der Waals surface area contributed by atoms with Crippen LogP contribution in [0.25, 0.3) is 0 Å². The molecule has 0 aliphatic rings. The molecule has 0 fully saturated rings. The number of aryl methyl sites for hydroxylation is 1. The van der Waals surface area contributed by atoms with Crippen molar-refractivity contribution in [1.82, 2.24) is 10.3 Å². The molecule has 14 heavy (non-hydrogen) atoms. The van der Waals surface area contributed by atoms with Gasteiger partial charge in [-0.3, -0.25) is 0 Å². The smallest absolute Gasteiger partial charge is 0.109 e. The fourth-order valence-corrected chi connectivity index (χ4v) is 2.04. The van der Waals surface area contributed by atoms with Crippen molar-refractivity contribution in [2.75, 3.05) is 6.54 Å². The van der Waals surface area contributed by atoms with Gasteiger partial charge in [0, 0.05) is 23.2 Å². The number of hydrogen-bond acceptors (Lipinski definition) is 3. The fraction of sp³-hybridized carbons (Fsp3) is 0.500. The SMILES string of the molecule is CCc1cnc(C(C)NC/C=C/Cl)s1. The van der Waals surface area contributed by atoms with Gasteiger partial charge in [-0.05, 0) is 13.3 Å². The molecule has 1 unspecified atom stereocenters. The van der Waals surface area contributed by atoms with Gasteiger partial charge in [0.25, 0.3) is 0 Å². The number of nitrogens with zero attached hydrogens (tertiary/aromatic N) is 1. The Kier molecular flexibility index (Phi) is 5.15. The molecule has 0 amide bonds. The molecular weight excluding hydrogens is 216 g/mol. The molecule has 78 valence electrons. The highest BCUT2D eigenvalue weighted by molar-refractivity contribution is 7.11. The first-order valence-corrected chi connectivity index (χ1v) is 5.96. The number of halogens is 1. The highest BCUT2D eigenvalue weighted by Gasteiger charge is 2.07. The number of nitrogens with one attached hydrogen (secondary N) is 1. The van der Waals surface area contributed by atoms with Gasteiger partial charge in [0.15, 0.2) is 0 Å². The van der Waals surface area contributed by atoms with E-state index >= 15 is 0 Å². The number of thiazole rings is 1. The van der Waals surface area contributed by atoms with Crippen molar-refractivity contribution < 1.29 is 0 Å². The molecule has 4 heteroatoms. The summed E-state index contributed by atoms with van der Waals surface area (Å²) >= 11 is 7.19. The predicted molar refractivity (Wildman–Crippen MR) is 62.9 cm³/mol. The maximum Gasteiger partial charge on any atom is 0.109 e. The lowest BCUT2D eigenvalue weighted by atomic mass is 10.3. The van der Waals surface area contributed by atoms with E-state index in [2.05, 4.69) is 24.1 Å². The Morgan fingerprint density at radius 3 is 3.07 bits per heavy atom. The summed E-state index contributed by atoms with van der Waals surface area (Å²) in [6.45, 7) is 5.04. The molecule has 1 N–H and O–H groups in total. The summed E-state index contributed by atoms with van der Waals surface area (Å²) in [6.07, 6.45) is 4.90. The Bertz CT molecular complexity index is 296. The third-order valence-corrected chi connectivity index (χ3v) is 3.42. The van der Waals surface area contributed by atoms with Crippen molar-refractivity contribution in [2.24, 2.45) is 0 Å². The molecule has 2 nitrogen and oxygen atoms in total.